The van der Waals surface area contributed by atoms with Crippen LogP contribution >= 0.6 is 0 Å². The van der Waals surface area contributed by atoms with Gasteiger partial charge in [-0.2, -0.15) is 0 Å². The van der Waals surface area contributed by atoms with Crippen molar-refractivity contribution in [1.29, 1.82) is 0 Å². The highest BCUT2D eigenvalue weighted by Crippen LogP contribution is 2.28. The van der Waals surface area contributed by atoms with Crippen molar-refractivity contribution in [3.8, 4) is 0 Å². The molecule has 0 fully saturated rings. The van der Waals surface area contributed by atoms with Crippen LogP contribution in [-0.2, 0) is 25.0 Å². The first-order chi connectivity index (χ1) is 12.5. The van der Waals surface area contributed by atoms with Crippen molar-refractivity contribution in [3.05, 3.63) is 58.7 Å². The number of nitrogens with zero attached hydrogens (tertiary/aromatic N) is 3. The molecule has 0 saturated carbocycles. The van der Waals surface area contributed by atoms with Gasteiger partial charge in [0.25, 0.3) is 10.0 Å². The number of carbonyl (C=O) groups excluding carboxylic acids is 2. The van der Waals surface area contributed by atoms with Crippen molar-refractivity contribution in [2.45, 2.75) is 31.1 Å². The molecule has 0 unspecified atom stereocenters. The van der Waals surface area contributed by atoms with Gasteiger partial charge in [0.1, 0.15) is 0 Å². The van der Waals surface area contributed by atoms with E-state index in [9.17, 15) is 18.0 Å². The maximum absolute atomic E-state index is 13.0. The summed E-state index contributed by atoms with van der Waals surface area (Å²) in [6.07, 6.45) is 0. The van der Waals surface area contributed by atoms with Gasteiger partial charge in [0.15, 0.2) is 0 Å². The normalized spacial score (nSPS) is 14.2. The molecule has 140 valence electrons. The lowest BCUT2D eigenvalue weighted by atomic mass is 9.87. The molecule has 2 amide bonds. The van der Waals surface area contributed by atoms with Crippen molar-refractivity contribution >= 4 is 27.5 Å². The quantitative estimate of drug-likeness (QED) is 0.740. The lowest BCUT2D eigenvalue weighted by molar-refractivity contribution is -0.135. The lowest BCUT2D eigenvalue weighted by Crippen LogP contribution is -2.36. The highest BCUT2D eigenvalue weighted by Gasteiger charge is 2.24. The molecule has 0 radical (unpaired) electrons. The van der Waals surface area contributed by atoms with Crippen LogP contribution in [0.2, 0.25) is 0 Å². The summed E-state index contributed by atoms with van der Waals surface area (Å²) >= 11 is 0. The Hall–Kier alpha value is -2.87. The van der Waals surface area contributed by atoms with Gasteiger partial charge in [0.2, 0.25) is 0 Å². The molecule has 2 aromatic rings. The zero-order valence-corrected chi connectivity index (χ0v) is 16.2. The van der Waals surface area contributed by atoms with Gasteiger partial charge in [0, 0.05) is 7.05 Å². The maximum Gasteiger partial charge on any atom is 0.338 e. The minimum Gasteiger partial charge on any atom is -0.269 e. The topological polar surface area (TPSA) is 96.2 Å². The number of anilines is 1. The fourth-order valence-electron chi connectivity index (χ4n) is 2.63. The zero-order chi connectivity index (χ0) is 20.0. The Morgan fingerprint density at radius 2 is 1.52 bits per heavy atom. The van der Waals surface area contributed by atoms with Crippen molar-refractivity contribution in [3.63, 3.8) is 0 Å². The molecule has 0 spiro atoms. The van der Waals surface area contributed by atoms with Gasteiger partial charge in [-0.1, -0.05) is 32.9 Å². The predicted octanol–water partition coefficient (Wildman–Crippen LogP) is 1.12. The molecule has 1 aliphatic rings. The van der Waals surface area contributed by atoms with Gasteiger partial charge in [-0.25, -0.2) is 18.4 Å². The minimum absolute atomic E-state index is 0.0361. The Bertz CT molecular complexity index is 1180. The molecule has 0 N–H and O–H groups in total. The molecule has 2 aromatic carbocycles. The second-order valence-electron chi connectivity index (χ2n) is 7.26. The number of hydrogen-bond donors (Lipinski definition) is 0. The first-order valence-corrected chi connectivity index (χ1v) is 9.69. The van der Waals surface area contributed by atoms with Crippen LogP contribution in [-0.4, -0.2) is 27.3 Å². The number of sulfonamides is 1. The predicted molar refractivity (Wildman–Crippen MR) is 99.5 cm³/mol. The molecule has 1 heterocycles. The summed E-state index contributed by atoms with van der Waals surface area (Å²) in [6, 6.07) is 11.3. The fourth-order valence-corrected chi connectivity index (χ4v) is 3.84. The van der Waals surface area contributed by atoms with Crippen molar-refractivity contribution in [1.82, 2.24) is 0 Å². The summed E-state index contributed by atoms with van der Waals surface area (Å²) in [5.74, 6) is -1.97. The van der Waals surface area contributed by atoms with Gasteiger partial charge in [-0.15, -0.1) is 0 Å². The second-order valence-corrected chi connectivity index (χ2v) is 9.23. The Balaban J connectivity index is 2.07. The van der Waals surface area contributed by atoms with E-state index >= 15 is 0 Å². The van der Waals surface area contributed by atoms with E-state index in [0.29, 0.717) is 5.69 Å². The summed E-state index contributed by atoms with van der Waals surface area (Å²) in [6.45, 7) is 6.15. The van der Waals surface area contributed by atoms with E-state index in [4.69, 9.17) is 0 Å². The molecule has 27 heavy (non-hydrogen) atoms. The van der Waals surface area contributed by atoms with E-state index in [1.807, 2.05) is 39.0 Å². The molecule has 0 saturated heterocycles. The van der Waals surface area contributed by atoms with E-state index in [1.54, 1.807) is 6.07 Å². The van der Waals surface area contributed by atoms with Crippen LogP contribution in [0.3, 0.4) is 0 Å². The molecule has 0 atom stereocenters. The number of amides is 2. The van der Waals surface area contributed by atoms with Crippen LogP contribution in [0, 0.1) is 0 Å². The third-order valence-electron chi connectivity index (χ3n) is 4.31. The highest BCUT2D eigenvalue weighted by molar-refractivity contribution is 7.92. The largest absolute Gasteiger partial charge is 0.338 e. The van der Waals surface area contributed by atoms with E-state index in [1.165, 1.54) is 29.6 Å². The summed E-state index contributed by atoms with van der Waals surface area (Å²) < 4.78 is 27.2. The first-order valence-electron chi connectivity index (χ1n) is 8.25. The zero-order valence-electron chi connectivity index (χ0n) is 15.4. The Morgan fingerprint density at radius 3 is 2.15 bits per heavy atom. The first kappa shape index (κ1) is 18.9. The van der Waals surface area contributed by atoms with Gasteiger partial charge in [0.05, 0.1) is 21.3 Å². The molecule has 7 nitrogen and oxygen atoms in total. The monoisotopic (exact) mass is 385 g/mol. The molecule has 1 aliphatic heterocycles. The molecule has 8 heteroatoms. The smallest absolute Gasteiger partial charge is 0.269 e. The average molecular weight is 385 g/mol. The third kappa shape index (κ3) is 3.52. The molecule has 0 aromatic heterocycles. The van der Waals surface area contributed by atoms with Crippen molar-refractivity contribution in [2.24, 2.45) is 9.98 Å². The summed E-state index contributed by atoms with van der Waals surface area (Å²) in [5, 5.41) is 0.244. The van der Waals surface area contributed by atoms with Crippen molar-refractivity contribution in [2.75, 3.05) is 11.4 Å². The Labute approximate surface area is 157 Å². The lowest BCUT2D eigenvalue weighted by Gasteiger charge is -2.24. The van der Waals surface area contributed by atoms with E-state index in [-0.39, 0.29) is 21.0 Å². The van der Waals surface area contributed by atoms with Crippen LogP contribution in [0.5, 0.6) is 0 Å². The van der Waals surface area contributed by atoms with Crippen LogP contribution in [0.1, 0.15) is 26.3 Å². The van der Waals surface area contributed by atoms with Gasteiger partial charge < -0.3 is 0 Å². The summed E-state index contributed by atoms with van der Waals surface area (Å²) in [7, 11) is -2.42. The number of carbonyl (C=O) groups is 2. The average Bonchev–Trinajstić information content (AvgIpc) is 2.61. The van der Waals surface area contributed by atoms with Gasteiger partial charge in [-0.3, -0.25) is 13.9 Å². The maximum atomic E-state index is 13.0. The van der Waals surface area contributed by atoms with Crippen LogP contribution < -0.4 is 15.0 Å². The molecular formula is C19H19N3O4S. The van der Waals surface area contributed by atoms with Gasteiger partial charge >= 0.3 is 11.8 Å². The number of fused-ring (bicyclic) bond motifs is 1. The summed E-state index contributed by atoms with van der Waals surface area (Å²) in [5.41, 5.74) is 1.40. The molecular weight excluding hydrogens is 366 g/mol. The number of benzene rings is 2. The molecule has 0 aliphatic carbocycles. The van der Waals surface area contributed by atoms with E-state index in [0.717, 1.165) is 5.56 Å². The second kappa shape index (κ2) is 6.38. The van der Waals surface area contributed by atoms with Crippen LogP contribution in [0.4, 0.5) is 5.69 Å². The van der Waals surface area contributed by atoms with E-state index < -0.39 is 21.8 Å². The highest BCUT2D eigenvalue weighted by atomic mass is 32.2. The standard InChI is InChI=1S/C19H19N3O4S/c1-19(2,3)12-6-5-7-13(10-12)22(4)27(25,26)14-8-9-15-16(11-14)21-18(24)17(23)20-15/h5-11H,1-4H3. The molecule has 0 bridgehead atoms. The minimum atomic E-state index is -3.88. The SMILES string of the molecule is CN(c1cccc(C(C)(C)C)c1)S(=O)(=O)c1ccc2c(c1)=NC(=O)C(=O)N=2. The van der Waals surface area contributed by atoms with Gasteiger partial charge in [-0.05, 0) is 41.3 Å². The van der Waals surface area contributed by atoms with Crippen LogP contribution in [0.15, 0.2) is 57.3 Å². The Morgan fingerprint density at radius 1 is 0.889 bits per heavy atom. The number of hydrogen-bond acceptors (Lipinski definition) is 4. The Kier molecular flexibility index (Phi) is 4.47. The summed E-state index contributed by atoms with van der Waals surface area (Å²) in [4.78, 5) is 29.9. The number of rotatable bonds is 3. The van der Waals surface area contributed by atoms with Crippen LogP contribution in [0.25, 0.3) is 0 Å². The molecule has 3 rings (SSSR count). The fraction of sp³-hybridized carbons (Fsp3) is 0.263. The third-order valence-corrected chi connectivity index (χ3v) is 6.09. The van der Waals surface area contributed by atoms with Crippen molar-refractivity contribution < 1.29 is 18.0 Å². The van der Waals surface area contributed by atoms with E-state index in [2.05, 4.69) is 9.98 Å².